The summed E-state index contributed by atoms with van der Waals surface area (Å²) in [5.41, 5.74) is 6.27. The molecule has 0 radical (unpaired) electrons. The lowest BCUT2D eigenvalue weighted by Gasteiger charge is -2.13. The van der Waals surface area contributed by atoms with Gasteiger partial charge in [-0.2, -0.15) is 0 Å². The van der Waals surface area contributed by atoms with Crippen LogP contribution in [-0.4, -0.2) is 17.4 Å². The standard InChI is InChI=1S/C14H19N3O/c1-14(2,3)17-13(15)16-12(18)10-9-11-7-5-4-6-8-11/h4-10H,1-3H3,(H3,15,16,17,18)/b10-9+. The highest BCUT2D eigenvalue weighted by atomic mass is 16.1. The molecule has 1 rings (SSSR count). The second-order valence-electron chi connectivity index (χ2n) is 4.90. The average molecular weight is 245 g/mol. The molecule has 3 N–H and O–H groups in total. The highest BCUT2D eigenvalue weighted by Crippen LogP contribution is 2.05. The summed E-state index contributed by atoms with van der Waals surface area (Å²) < 4.78 is 0. The molecular weight excluding hydrogens is 226 g/mol. The van der Waals surface area contributed by atoms with Gasteiger partial charge in [-0.15, -0.1) is 0 Å². The van der Waals surface area contributed by atoms with Gasteiger partial charge in [0.15, 0.2) is 5.96 Å². The lowest BCUT2D eigenvalue weighted by atomic mass is 10.1. The predicted molar refractivity (Wildman–Crippen MR) is 75.0 cm³/mol. The molecule has 1 amide bonds. The summed E-state index contributed by atoms with van der Waals surface area (Å²) in [6, 6.07) is 9.57. The Morgan fingerprint density at radius 2 is 1.89 bits per heavy atom. The highest BCUT2D eigenvalue weighted by Gasteiger charge is 2.08. The van der Waals surface area contributed by atoms with E-state index in [1.54, 1.807) is 6.08 Å². The molecule has 0 aliphatic carbocycles. The molecule has 4 heteroatoms. The van der Waals surface area contributed by atoms with Crippen molar-refractivity contribution in [3.8, 4) is 0 Å². The second kappa shape index (κ2) is 6.00. The quantitative estimate of drug-likeness (QED) is 0.475. The molecule has 0 heterocycles. The maximum atomic E-state index is 11.6. The number of carbonyl (C=O) groups is 1. The lowest BCUT2D eigenvalue weighted by Crippen LogP contribution is -2.37. The second-order valence-corrected chi connectivity index (χ2v) is 4.90. The zero-order valence-electron chi connectivity index (χ0n) is 11.0. The molecule has 0 spiro atoms. The van der Waals surface area contributed by atoms with Crippen LogP contribution in [0.15, 0.2) is 41.4 Å². The summed E-state index contributed by atoms with van der Waals surface area (Å²) in [5, 5.41) is 2.51. The van der Waals surface area contributed by atoms with E-state index >= 15 is 0 Å². The number of hydrogen-bond donors (Lipinski definition) is 2. The first-order chi connectivity index (χ1) is 8.37. The number of hydrogen-bond acceptors (Lipinski definition) is 2. The van der Waals surface area contributed by atoms with Crippen LogP contribution in [0, 0.1) is 0 Å². The van der Waals surface area contributed by atoms with Crippen molar-refractivity contribution in [2.24, 2.45) is 10.7 Å². The van der Waals surface area contributed by atoms with Gasteiger partial charge in [0.2, 0.25) is 0 Å². The van der Waals surface area contributed by atoms with E-state index in [1.807, 2.05) is 51.1 Å². The number of nitrogens with one attached hydrogen (secondary N) is 1. The predicted octanol–water partition coefficient (Wildman–Crippen LogP) is 1.93. The van der Waals surface area contributed by atoms with Crippen molar-refractivity contribution in [2.75, 3.05) is 0 Å². The Morgan fingerprint density at radius 3 is 2.44 bits per heavy atom. The molecule has 1 aromatic rings. The summed E-state index contributed by atoms with van der Waals surface area (Å²) in [5.74, 6) is -0.158. The molecule has 18 heavy (non-hydrogen) atoms. The number of nitrogens with zero attached hydrogens (tertiary/aromatic N) is 1. The molecule has 0 unspecified atom stereocenters. The lowest BCUT2D eigenvalue weighted by molar-refractivity contribution is -0.115. The number of guanidine groups is 1. The van der Waals surface area contributed by atoms with Crippen LogP contribution in [0.5, 0.6) is 0 Å². The monoisotopic (exact) mass is 245 g/mol. The van der Waals surface area contributed by atoms with Crippen LogP contribution in [0.4, 0.5) is 0 Å². The van der Waals surface area contributed by atoms with Crippen LogP contribution in [0.1, 0.15) is 26.3 Å². The third-order valence-corrected chi connectivity index (χ3v) is 1.93. The van der Waals surface area contributed by atoms with Crippen LogP contribution >= 0.6 is 0 Å². The molecule has 0 atom stereocenters. The molecule has 0 aromatic heterocycles. The molecule has 4 nitrogen and oxygen atoms in total. The third-order valence-electron chi connectivity index (χ3n) is 1.93. The molecule has 1 aromatic carbocycles. The fraction of sp³-hybridized carbons (Fsp3) is 0.286. The van der Waals surface area contributed by atoms with Crippen LogP contribution in [0.25, 0.3) is 6.08 Å². The zero-order chi connectivity index (χ0) is 13.6. The van der Waals surface area contributed by atoms with Crippen LogP contribution in [0.2, 0.25) is 0 Å². The van der Waals surface area contributed by atoms with E-state index in [1.165, 1.54) is 6.08 Å². The number of carbonyl (C=O) groups excluding carboxylic acids is 1. The van der Waals surface area contributed by atoms with Crippen molar-refractivity contribution in [1.82, 2.24) is 5.32 Å². The largest absolute Gasteiger partial charge is 0.370 e. The van der Waals surface area contributed by atoms with Crippen LogP contribution in [0.3, 0.4) is 0 Å². The number of rotatable bonds is 2. The molecule has 0 saturated carbocycles. The fourth-order valence-electron chi connectivity index (χ4n) is 1.29. The topological polar surface area (TPSA) is 67.5 Å². The highest BCUT2D eigenvalue weighted by molar-refractivity contribution is 6.03. The van der Waals surface area contributed by atoms with E-state index in [0.717, 1.165) is 5.56 Å². The van der Waals surface area contributed by atoms with Gasteiger partial charge in [-0.1, -0.05) is 30.3 Å². The molecule has 0 saturated heterocycles. The molecule has 0 aliphatic heterocycles. The first-order valence-electron chi connectivity index (χ1n) is 5.76. The molecule has 0 bridgehead atoms. The van der Waals surface area contributed by atoms with Gasteiger partial charge < -0.3 is 5.73 Å². The van der Waals surface area contributed by atoms with E-state index in [2.05, 4.69) is 10.3 Å². The van der Waals surface area contributed by atoms with E-state index < -0.39 is 0 Å². The molecule has 0 fully saturated rings. The normalized spacial score (nSPS) is 12.7. The molecule has 96 valence electrons. The maximum Gasteiger partial charge on any atom is 0.250 e. The van der Waals surface area contributed by atoms with Crippen molar-refractivity contribution >= 4 is 17.9 Å². The number of benzene rings is 1. The first kappa shape index (κ1) is 14.0. The zero-order valence-corrected chi connectivity index (χ0v) is 11.0. The summed E-state index contributed by atoms with van der Waals surface area (Å²) in [6.07, 6.45) is 3.15. The summed E-state index contributed by atoms with van der Waals surface area (Å²) in [7, 11) is 0. The Kier molecular flexibility index (Phi) is 4.66. The van der Waals surface area contributed by atoms with Gasteiger partial charge in [0.05, 0.1) is 5.54 Å². The van der Waals surface area contributed by atoms with E-state index in [4.69, 9.17) is 5.73 Å². The SMILES string of the molecule is CC(C)(C)N=C(N)NC(=O)/C=C/c1ccccc1. The van der Waals surface area contributed by atoms with Crippen molar-refractivity contribution in [1.29, 1.82) is 0 Å². The Hall–Kier alpha value is -2.10. The number of amides is 1. The Bertz CT molecular complexity index is 456. The summed E-state index contributed by atoms with van der Waals surface area (Å²) in [4.78, 5) is 15.7. The van der Waals surface area contributed by atoms with Crippen molar-refractivity contribution in [3.05, 3.63) is 42.0 Å². The van der Waals surface area contributed by atoms with Gasteiger partial charge in [-0.3, -0.25) is 10.1 Å². The van der Waals surface area contributed by atoms with Gasteiger partial charge in [-0.25, -0.2) is 4.99 Å². The van der Waals surface area contributed by atoms with E-state index in [9.17, 15) is 4.79 Å². The number of nitrogens with two attached hydrogens (primary N) is 1. The van der Waals surface area contributed by atoms with Crippen molar-refractivity contribution < 1.29 is 4.79 Å². The van der Waals surface area contributed by atoms with Crippen LogP contribution in [-0.2, 0) is 4.79 Å². The van der Waals surface area contributed by atoms with Gasteiger partial charge in [0.1, 0.15) is 0 Å². The fourth-order valence-corrected chi connectivity index (χ4v) is 1.29. The van der Waals surface area contributed by atoms with Gasteiger partial charge >= 0.3 is 0 Å². The van der Waals surface area contributed by atoms with Crippen molar-refractivity contribution in [3.63, 3.8) is 0 Å². The van der Waals surface area contributed by atoms with Crippen molar-refractivity contribution in [2.45, 2.75) is 26.3 Å². The first-order valence-corrected chi connectivity index (χ1v) is 5.76. The van der Waals surface area contributed by atoms with Gasteiger partial charge in [0, 0.05) is 6.08 Å². The maximum absolute atomic E-state index is 11.6. The van der Waals surface area contributed by atoms with Gasteiger partial charge in [0.25, 0.3) is 5.91 Å². The molecular formula is C14H19N3O. The third kappa shape index (κ3) is 5.84. The summed E-state index contributed by atoms with van der Waals surface area (Å²) >= 11 is 0. The van der Waals surface area contributed by atoms with E-state index in [-0.39, 0.29) is 17.4 Å². The molecule has 0 aliphatic rings. The Morgan fingerprint density at radius 1 is 1.28 bits per heavy atom. The minimum absolute atomic E-state index is 0.130. The Labute approximate surface area is 108 Å². The number of aliphatic imine (C=N–C) groups is 1. The van der Waals surface area contributed by atoms with Crippen LogP contribution < -0.4 is 11.1 Å². The average Bonchev–Trinajstić information content (AvgIpc) is 2.25. The minimum Gasteiger partial charge on any atom is -0.370 e. The minimum atomic E-state index is -0.305. The summed E-state index contributed by atoms with van der Waals surface area (Å²) in [6.45, 7) is 5.73. The van der Waals surface area contributed by atoms with Gasteiger partial charge in [-0.05, 0) is 32.4 Å². The smallest absolute Gasteiger partial charge is 0.250 e. The van der Waals surface area contributed by atoms with E-state index in [0.29, 0.717) is 0 Å². The Balaban J connectivity index is 2.58.